The Labute approximate surface area is 166 Å². The van der Waals surface area contributed by atoms with Crippen LogP contribution in [0.3, 0.4) is 0 Å². The number of hydrogen-bond acceptors (Lipinski definition) is 1. The zero-order valence-corrected chi connectivity index (χ0v) is 16.3. The highest BCUT2D eigenvalue weighted by atomic mass is 16.1. The minimum atomic E-state index is 0.113. The number of nitrogens with zero attached hydrogens (tertiary/aromatic N) is 1. The van der Waals surface area contributed by atoms with Gasteiger partial charge in [-0.1, -0.05) is 68.4 Å². The molecule has 0 radical (unpaired) electrons. The van der Waals surface area contributed by atoms with Crippen molar-refractivity contribution < 1.29 is 9.36 Å². The summed E-state index contributed by atoms with van der Waals surface area (Å²) >= 11 is 0. The number of hydrogen-bond donors (Lipinski definition) is 0. The van der Waals surface area contributed by atoms with Gasteiger partial charge in [-0.3, -0.25) is 4.79 Å². The van der Waals surface area contributed by atoms with Crippen molar-refractivity contribution in [1.29, 1.82) is 0 Å². The predicted molar refractivity (Wildman–Crippen MR) is 114 cm³/mol. The maximum atomic E-state index is 13.0. The monoisotopic (exact) mass is 366 g/mol. The Hall–Kier alpha value is -3.26. The van der Waals surface area contributed by atoms with Gasteiger partial charge >= 0.3 is 0 Å². The maximum absolute atomic E-state index is 13.0. The molecule has 0 aliphatic rings. The fourth-order valence-electron chi connectivity index (χ4n) is 3.58. The zero-order chi connectivity index (χ0) is 19.5. The summed E-state index contributed by atoms with van der Waals surface area (Å²) in [6.45, 7) is 4.71. The number of Topliss-reactive ketones (excluding diaryl/α,β-unsaturated/α-hetero) is 1. The number of carbonyl (C=O) groups excluding carboxylic acids is 1. The third-order valence-corrected chi connectivity index (χ3v) is 5.21. The molecule has 0 atom stereocenters. The summed E-state index contributed by atoms with van der Waals surface area (Å²) in [6.07, 6.45) is 0. The Balaban J connectivity index is 1.82. The molecule has 1 aromatic heterocycles. The molecular weight excluding hydrogens is 342 g/mol. The molecular formula is C26H24NO+. The van der Waals surface area contributed by atoms with E-state index in [0.717, 1.165) is 27.7 Å². The summed E-state index contributed by atoms with van der Waals surface area (Å²) in [4.78, 5) is 13.0. The number of rotatable bonds is 5. The van der Waals surface area contributed by atoms with E-state index in [1.807, 2.05) is 42.5 Å². The van der Waals surface area contributed by atoms with Crippen LogP contribution in [0.5, 0.6) is 0 Å². The number of aromatic nitrogens is 1. The average Bonchev–Trinajstić information content (AvgIpc) is 2.74. The van der Waals surface area contributed by atoms with Crippen LogP contribution in [0.1, 0.15) is 35.7 Å². The number of ketones is 1. The van der Waals surface area contributed by atoms with Crippen molar-refractivity contribution in [3.8, 4) is 11.3 Å². The molecule has 28 heavy (non-hydrogen) atoms. The first-order valence-corrected chi connectivity index (χ1v) is 9.73. The zero-order valence-electron chi connectivity index (χ0n) is 16.3. The van der Waals surface area contributed by atoms with Crippen molar-refractivity contribution in [3.05, 3.63) is 102 Å². The maximum Gasteiger partial charge on any atom is 0.227 e. The smallest absolute Gasteiger partial charge is 0.227 e. The van der Waals surface area contributed by atoms with Crippen molar-refractivity contribution in [3.63, 3.8) is 0 Å². The molecule has 4 rings (SSSR count). The third-order valence-electron chi connectivity index (χ3n) is 5.21. The highest BCUT2D eigenvalue weighted by Gasteiger charge is 2.21. The topological polar surface area (TPSA) is 20.9 Å². The molecule has 0 aliphatic heterocycles. The molecule has 0 spiro atoms. The molecule has 0 saturated heterocycles. The standard InChI is InChI=1S/C26H24NO/c1-19(2)20-12-14-22(15-13-20)25-17-16-21-8-6-7-11-24(21)27(25)18-26(28)23-9-4-3-5-10-23/h3-17,19H,18H2,1-2H3/q+1. The van der Waals surface area contributed by atoms with Crippen LogP contribution in [0.25, 0.3) is 22.2 Å². The third kappa shape index (κ3) is 3.59. The molecule has 2 heteroatoms. The Morgan fingerprint density at radius 1 is 0.786 bits per heavy atom. The molecule has 4 aromatic rings. The van der Waals surface area contributed by atoms with Crippen LogP contribution in [-0.2, 0) is 6.54 Å². The number of fused-ring (bicyclic) bond motifs is 1. The van der Waals surface area contributed by atoms with E-state index < -0.39 is 0 Å². The van der Waals surface area contributed by atoms with Crippen LogP contribution in [0.15, 0.2) is 91.0 Å². The van der Waals surface area contributed by atoms with Gasteiger partial charge in [-0.25, -0.2) is 0 Å². The molecule has 1 heterocycles. The number of carbonyl (C=O) groups is 1. The molecule has 0 fully saturated rings. The van der Waals surface area contributed by atoms with E-state index in [4.69, 9.17) is 0 Å². The molecule has 3 aromatic carbocycles. The van der Waals surface area contributed by atoms with E-state index in [9.17, 15) is 4.79 Å². The molecule has 0 unspecified atom stereocenters. The highest BCUT2D eigenvalue weighted by Crippen LogP contribution is 2.23. The lowest BCUT2D eigenvalue weighted by molar-refractivity contribution is -0.646. The van der Waals surface area contributed by atoms with Gasteiger partial charge in [-0.2, -0.15) is 4.57 Å². The van der Waals surface area contributed by atoms with E-state index in [1.165, 1.54) is 5.56 Å². The van der Waals surface area contributed by atoms with Crippen LogP contribution < -0.4 is 4.57 Å². The predicted octanol–water partition coefficient (Wildman–Crippen LogP) is 5.80. The fraction of sp³-hybridized carbons (Fsp3) is 0.154. The molecule has 0 amide bonds. The number of para-hydroxylation sites is 1. The van der Waals surface area contributed by atoms with Gasteiger partial charge in [0.15, 0.2) is 0 Å². The van der Waals surface area contributed by atoms with E-state index in [1.54, 1.807) is 0 Å². The van der Waals surface area contributed by atoms with E-state index >= 15 is 0 Å². The van der Waals surface area contributed by atoms with Gasteiger partial charge in [0.1, 0.15) is 0 Å². The van der Waals surface area contributed by atoms with Crippen molar-refractivity contribution >= 4 is 16.7 Å². The Bertz CT molecular complexity index is 1110. The summed E-state index contributed by atoms with van der Waals surface area (Å²) in [5.41, 5.74) is 5.30. The van der Waals surface area contributed by atoms with Gasteiger partial charge < -0.3 is 0 Å². The van der Waals surface area contributed by atoms with Gasteiger partial charge in [0.2, 0.25) is 23.5 Å². The average molecular weight is 366 g/mol. The van der Waals surface area contributed by atoms with Crippen LogP contribution in [0.4, 0.5) is 0 Å². The number of pyridine rings is 1. The highest BCUT2D eigenvalue weighted by molar-refractivity contribution is 5.95. The Kier molecular flexibility index (Phi) is 5.03. The second kappa shape index (κ2) is 7.77. The summed E-state index contributed by atoms with van der Waals surface area (Å²) in [7, 11) is 0. The lowest BCUT2D eigenvalue weighted by atomic mass is 10.00. The van der Waals surface area contributed by atoms with Gasteiger partial charge in [0, 0.05) is 28.6 Å². The lowest BCUT2D eigenvalue weighted by Gasteiger charge is -2.09. The van der Waals surface area contributed by atoms with Gasteiger partial charge in [0.25, 0.3) is 0 Å². The first-order chi connectivity index (χ1) is 13.6. The second-order valence-electron chi connectivity index (χ2n) is 7.43. The van der Waals surface area contributed by atoms with Crippen LogP contribution in [0, 0.1) is 0 Å². The van der Waals surface area contributed by atoms with Crippen LogP contribution >= 0.6 is 0 Å². The minimum absolute atomic E-state index is 0.113. The quantitative estimate of drug-likeness (QED) is 0.323. The largest absolute Gasteiger partial charge is 0.287 e. The molecule has 0 bridgehead atoms. The Morgan fingerprint density at radius 2 is 1.46 bits per heavy atom. The van der Waals surface area contributed by atoms with E-state index in [-0.39, 0.29) is 5.78 Å². The van der Waals surface area contributed by atoms with Crippen molar-refractivity contribution in [2.45, 2.75) is 26.3 Å². The molecule has 0 N–H and O–H groups in total. The molecule has 2 nitrogen and oxygen atoms in total. The van der Waals surface area contributed by atoms with Gasteiger partial charge in [-0.15, -0.1) is 0 Å². The summed E-state index contributed by atoms with van der Waals surface area (Å²) in [6, 6.07) is 30.7. The van der Waals surface area contributed by atoms with Gasteiger partial charge in [0.05, 0.1) is 0 Å². The van der Waals surface area contributed by atoms with Crippen LogP contribution in [-0.4, -0.2) is 5.78 Å². The molecule has 138 valence electrons. The number of benzene rings is 3. The van der Waals surface area contributed by atoms with Gasteiger partial charge in [-0.05, 0) is 35.7 Å². The summed E-state index contributed by atoms with van der Waals surface area (Å²) < 4.78 is 2.13. The summed E-state index contributed by atoms with van der Waals surface area (Å²) in [5, 5.41) is 1.13. The van der Waals surface area contributed by atoms with E-state index in [2.05, 4.69) is 66.9 Å². The van der Waals surface area contributed by atoms with Crippen LogP contribution in [0.2, 0.25) is 0 Å². The molecule has 0 aliphatic carbocycles. The minimum Gasteiger partial charge on any atom is -0.287 e. The van der Waals surface area contributed by atoms with Crippen molar-refractivity contribution in [1.82, 2.24) is 0 Å². The first kappa shape index (κ1) is 18.1. The second-order valence-corrected chi connectivity index (χ2v) is 7.43. The normalized spacial score (nSPS) is 11.1. The first-order valence-electron chi connectivity index (χ1n) is 9.73. The molecule has 0 saturated carbocycles. The van der Waals surface area contributed by atoms with Crippen molar-refractivity contribution in [2.24, 2.45) is 0 Å². The summed E-state index contributed by atoms with van der Waals surface area (Å²) in [5.74, 6) is 0.611. The lowest BCUT2D eigenvalue weighted by Crippen LogP contribution is -2.41. The Morgan fingerprint density at radius 3 is 2.18 bits per heavy atom. The van der Waals surface area contributed by atoms with E-state index in [0.29, 0.717) is 12.5 Å². The SMILES string of the molecule is CC(C)c1ccc(-c2ccc3ccccc3[n+]2CC(=O)c2ccccc2)cc1. The van der Waals surface area contributed by atoms with Crippen molar-refractivity contribution in [2.75, 3.05) is 0 Å². The fourth-order valence-corrected chi connectivity index (χ4v) is 3.58.